The van der Waals surface area contributed by atoms with Gasteiger partial charge in [0, 0.05) is 13.6 Å². The van der Waals surface area contributed by atoms with Crippen molar-refractivity contribution in [3.8, 4) is 0 Å². The zero-order chi connectivity index (χ0) is 13.4. The minimum absolute atomic E-state index is 0.0436. The molecule has 0 aliphatic heterocycles. The number of rotatable bonds is 6. The number of hydrogen-bond acceptors (Lipinski definition) is 5. The third kappa shape index (κ3) is 6.36. The van der Waals surface area contributed by atoms with Crippen molar-refractivity contribution < 1.29 is 29.3 Å². The number of esters is 1. The average Bonchev–Trinajstić information content (AvgIpc) is 2.31. The fraction of sp³-hybridized carbons (Fsp3) is 0.667. The third-order valence-electron chi connectivity index (χ3n) is 1.96. The van der Waals surface area contributed by atoms with Crippen LogP contribution in [0.4, 0.5) is 4.79 Å². The number of urea groups is 1. The van der Waals surface area contributed by atoms with Crippen molar-refractivity contribution in [3.63, 3.8) is 0 Å². The van der Waals surface area contributed by atoms with E-state index in [2.05, 4.69) is 10.1 Å². The van der Waals surface area contributed by atoms with Gasteiger partial charge in [0.2, 0.25) is 0 Å². The molecule has 0 fully saturated rings. The zero-order valence-corrected chi connectivity index (χ0v) is 9.67. The van der Waals surface area contributed by atoms with Crippen LogP contribution in [0.1, 0.15) is 6.42 Å². The summed E-state index contributed by atoms with van der Waals surface area (Å²) in [6.07, 6.45) is -1.60. The lowest BCUT2D eigenvalue weighted by Crippen LogP contribution is -2.43. The highest BCUT2D eigenvalue weighted by Gasteiger charge is 2.16. The lowest BCUT2D eigenvalue weighted by atomic mass is 10.3. The molecule has 17 heavy (non-hydrogen) atoms. The first kappa shape index (κ1) is 15.2. The number of methoxy groups -OCH3 is 1. The molecule has 1 unspecified atom stereocenters. The monoisotopic (exact) mass is 248 g/mol. The van der Waals surface area contributed by atoms with E-state index in [1.54, 1.807) is 0 Å². The first-order valence-electron chi connectivity index (χ1n) is 4.85. The largest absolute Gasteiger partial charge is 0.479 e. The summed E-state index contributed by atoms with van der Waals surface area (Å²) in [6.45, 7) is -0.252. The summed E-state index contributed by atoms with van der Waals surface area (Å²) in [4.78, 5) is 33.6. The summed E-state index contributed by atoms with van der Waals surface area (Å²) < 4.78 is 4.39. The molecule has 0 saturated heterocycles. The average molecular weight is 248 g/mol. The Balaban J connectivity index is 3.90. The highest BCUT2D eigenvalue weighted by atomic mass is 16.5. The molecule has 0 aromatic heterocycles. The molecule has 0 bridgehead atoms. The van der Waals surface area contributed by atoms with Crippen molar-refractivity contribution in [1.29, 1.82) is 0 Å². The molecular weight excluding hydrogens is 232 g/mol. The number of carbonyl (C=O) groups is 3. The number of nitrogens with zero attached hydrogens (tertiary/aromatic N) is 1. The van der Waals surface area contributed by atoms with Crippen LogP contribution in [0.5, 0.6) is 0 Å². The lowest BCUT2D eigenvalue weighted by Gasteiger charge is -2.17. The second-order valence-electron chi connectivity index (χ2n) is 3.29. The molecule has 0 aliphatic carbocycles. The minimum atomic E-state index is -1.65. The molecule has 0 aliphatic rings. The van der Waals surface area contributed by atoms with Crippen LogP contribution < -0.4 is 5.32 Å². The Labute approximate surface area is 98.2 Å². The van der Waals surface area contributed by atoms with Gasteiger partial charge in [-0.2, -0.15) is 0 Å². The van der Waals surface area contributed by atoms with E-state index in [0.29, 0.717) is 0 Å². The highest BCUT2D eigenvalue weighted by molar-refractivity contribution is 5.77. The fourth-order valence-corrected chi connectivity index (χ4v) is 0.869. The predicted molar refractivity (Wildman–Crippen MR) is 56.3 cm³/mol. The van der Waals surface area contributed by atoms with Gasteiger partial charge in [0.15, 0.2) is 6.10 Å². The van der Waals surface area contributed by atoms with Gasteiger partial charge in [-0.05, 0) is 0 Å². The van der Waals surface area contributed by atoms with Crippen molar-refractivity contribution in [2.75, 3.05) is 27.2 Å². The van der Waals surface area contributed by atoms with Crippen molar-refractivity contribution in [2.45, 2.75) is 12.5 Å². The molecule has 0 rings (SSSR count). The van der Waals surface area contributed by atoms with Gasteiger partial charge in [-0.15, -0.1) is 0 Å². The Morgan fingerprint density at radius 3 is 2.47 bits per heavy atom. The molecule has 0 saturated carbocycles. The quantitative estimate of drug-likeness (QED) is 0.500. The van der Waals surface area contributed by atoms with Gasteiger partial charge in [-0.3, -0.25) is 4.79 Å². The van der Waals surface area contributed by atoms with E-state index in [1.165, 1.54) is 19.1 Å². The van der Waals surface area contributed by atoms with E-state index in [0.717, 1.165) is 0 Å². The molecule has 8 heteroatoms. The fourth-order valence-electron chi connectivity index (χ4n) is 0.869. The molecule has 0 spiro atoms. The van der Waals surface area contributed by atoms with Crippen molar-refractivity contribution in [3.05, 3.63) is 0 Å². The maximum Gasteiger partial charge on any atom is 0.334 e. The second-order valence-corrected chi connectivity index (χ2v) is 3.29. The normalized spacial score (nSPS) is 11.5. The molecule has 1 atom stereocenters. The highest BCUT2D eigenvalue weighted by Crippen LogP contribution is 1.91. The molecule has 0 aromatic carbocycles. The molecule has 0 radical (unpaired) electrons. The number of carbonyl (C=O) groups excluding carboxylic acids is 2. The van der Waals surface area contributed by atoms with Crippen LogP contribution in [-0.4, -0.2) is 66.4 Å². The van der Waals surface area contributed by atoms with Crippen LogP contribution in [0.3, 0.4) is 0 Å². The van der Waals surface area contributed by atoms with E-state index in [9.17, 15) is 14.4 Å². The summed E-state index contributed by atoms with van der Waals surface area (Å²) in [5.74, 6) is -1.86. The van der Waals surface area contributed by atoms with Gasteiger partial charge in [-0.1, -0.05) is 0 Å². The van der Waals surface area contributed by atoms with E-state index in [1.807, 2.05) is 0 Å². The first-order valence-corrected chi connectivity index (χ1v) is 4.85. The van der Waals surface area contributed by atoms with Crippen LogP contribution in [0, 0.1) is 0 Å². The van der Waals surface area contributed by atoms with Crippen molar-refractivity contribution in [1.82, 2.24) is 10.2 Å². The molecule has 98 valence electrons. The standard InChI is InChI=1S/C9H16N2O6/c1-11(4-3-7(13)17-2)9(16)10-5-6(12)8(14)15/h6,12H,3-5H2,1-2H3,(H,10,16)(H,14,15). The number of aliphatic carboxylic acids is 1. The maximum absolute atomic E-state index is 11.3. The summed E-state index contributed by atoms with van der Waals surface area (Å²) >= 11 is 0. The van der Waals surface area contributed by atoms with Gasteiger partial charge in [0.25, 0.3) is 0 Å². The number of hydrogen-bond donors (Lipinski definition) is 3. The Morgan fingerprint density at radius 2 is 2.00 bits per heavy atom. The van der Waals surface area contributed by atoms with Gasteiger partial charge >= 0.3 is 18.0 Å². The van der Waals surface area contributed by atoms with E-state index in [4.69, 9.17) is 10.2 Å². The van der Waals surface area contributed by atoms with E-state index >= 15 is 0 Å². The number of carboxylic acids is 1. The second kappa shape index (κ2) is 7.44. The molecule has 3 N–H and O–H groups in total. The number of carboxylic acid groups (broad SMARTS) is 1. The zero-order valence-electron chi connectivity index (χ0n) is 9.67. The van der Waals surface area contributed by atoms with Crippen LogP contribution in [0.25, 0.3) is 0 Å². The first-order chi connectivity index (χ1) is 7.88. The van der Waals surface area contributed by atoms with Crippen LogP contribution in [-0.2, 0) is 14.3 Å². The molecule has 2 amide bonds. The molecular formula is C9H16N2O6. The Morgan fingerprint density at radius 1 is 1.41 bits per heavy atom. The number of ether oxygens (including phenoxy) is 1. The number of nitrogens with one attached hydrogen (secondary N) is 1. The summed E-state index contributed by atoms with van der Waals surface area (Å²) in [5, 5.41) is 19.5. The maximum atomic E-state index is 11.3. The van der Waals surface area contributed by atoms with Crippen LogP contribution >= 0.6 is 0 Å². The van der Waals surface area contributed by atoms with E-state index in [-0.39, 0.29) is 13.0 Å². The minimum Gasteiger partial charge on any atom is -0.479 e. The van der Waals surface area contributed by atoms with Gasteiger partial charge in [-0.25, -0.2) is 9.59 Å². The third-order valence-corrected chi connectivity index (χ3v) is 1.96. The topological polar surface area (TPSA) is 116 Å². The van der Waals surface area contributed by atoms with Gasteiger partial charge in [0.1, 0.15) is 0 Å². The molecule has 0 aromatic rings. The van der Waals surface area contributed by atoms with Crippen molar-refractivity contribution >= 4 is 18.0 Å². The van der Waals surface area contributed by atoms with Crippen LogP contribution in [0.15, 0.2) is 0 Å². The smallest absolute Gasteiger partial charge is 0.334 e. The van der Waals surface area contributed by atoms with Crippen molar-refractivity contribution in [2.24, 2.45) is 0 Å². The van der Waals surface area contributed by atoms with E-state index < -0.39 is 30.6 Å². The van der Waals surface area contributed by atoms with Gasteiger partial charge < -0.3 is 25.2 Å². The van der Waals surface area contributed by atoms with Crippen LogP contribution in [0.2, 0.25) is 0 Å². The summed E-state index contributed by atoms with van der Waals surface area (Å²) in [6, 6.07) is -0.575. The molecule has 0 heterocycles. The lowest BCUT2D eigenvalue weighted by molar-refractivity contribution is -0.146. The number of amides is 2. The Bertz CT molecular complexity index is 293. The Hall–Kier alpha value is -1.83. The van der Waals surface area contributed by atoms with Gasteiger partial charge in [0.05, 0.1) is 20.1 Å². The number of aliphatic hydroxyl groups excluding tert-OH is 1. The predicted octanol–water partition coefficient (Wildman–Crippen LogP) is -1.36. The summed E-state index contributed by atoms with van der Waals surface area (Å²) in [7, 11) is 2.68. The number of aliphatic hydroxyl groups is 1. The molecule has 8 nitrogen and oxygen atoms in total. The Kier molecular flexibility index (Phi) is 6.64. The summed E-state index contributed by atoms with van der Waals surface area (Å²) in [5.41, 5.74) is 0. The SMILES string of the molecule is COC(=O)CCN(C)C(=O)NCC(O)C(=O)O.